The molecule has 1 aliphatic rings. The third-order valence-corrected chi connectivity index (χ3v) is 3.03. The van der Waals surface area contributed by atoms with Crippen molar-refractivity contribution in [3.63, 3.8) is 0 Å². The third-order valence-electron chi connectivity index (χ3n) is 3.03. The second-order valence-electron chi connectivity index (χ2n) is 4.38. The van der Waals surface area contributed by atoms with E-state index in [-0.39, 0.29) is 12.4 Å². The summed E-state index contributed by atoms with van der Waals surface area (Å²) in [6.07, 6.45) is 5.95. The first-order chi connectivity index (χ1) is 7.65. The van der Waals surface area contributed by atoms with Crippen molar-refractivity contribution < 1.29 is 19.4 Å². The summed E-state index contributed by atoms with van der Waals surface area (Å²) in [5, 5.41) is 8.91. The Kier molecular flexibility index (Phi) is 5.29. The fourth-order valence-corrected chi connectivity index (χ4v) is 2.07. The molecule has 0 aromatic carbocycles. The van der Waals surface area contributed by atoms with Gasteiger partial charge in [-0.15, -0.1) is 0 Å². The molecule has 92 valence electrons. The highest BCUT2D eigenvalue weighted by molar-refractivity contribution is 5.82. The van der Waals surface area contributed by atoms with E-state index in [0.717, 1.165) is 12.8 Å². The van der Waals surface area contributed by atoms with Crippen LogP contribution in [0.15, 0.2) is 0 Å². The number of rotatable bonds is 7. The molecule has 0 unspecified atom stereocenters. The summed E-state index contributed by atoms with van der Waals surface area (Å²) in [7, 11) is 0. The summed E-state index contributed by atoms with van der Waals surface area (Å²) >= 11 is 0. The minimum atomic E-state index is -0.913. The van der Waals surface area contributed by atoms with Gasteiger partial charge in [-0.05, 0) is 12.8 Å². The fourth-order valence-electron chi connectivity index (χ4n) is 2.07. The van der Waals surface area contributed by atoms with Crippen LogP contribution in [0.25, 0.3) is 0 Å². The van der Waals surface area contributed by atoms with Gasteiger partial charge in [-0.3, -0.25) is 9.59 Å². The number of carboxylic acids is 1. The highest BCUT2D eigenvalue weighted by atomic mass is 16.6. The number of unbranched alkanes of at least 4 members (excludes halogenated alkanes) is 4. The van der Waals surface area contributed by atoms with Crippen molar-refractivity contribution in [3.05, 3.63) is 0 Å². The van der Waals surface area contributed by atoms with Crippen molar-refractivity contribution in [2.75, 3.05) is 0 Å². The van der Waals surface area contributed by atoms with Crippen LogP contribution in [0, 0.1) is 5.92 Å². The molecule has 0 spiro atoms. The number of esters is 1. The number of hydrogen-bond donors (Lipinski definition) is 1. The number of carbonyl (C=O) groups excluding carboxylic acids is 1. The molecule has 0 bridgehead atoms. The molecule has 0 saturated carbocycles. The van der Waals surface area contributed by atoms with Crippen LogP contribution in [0.3, 0.4) is 0 Å². The Morgan fingerprint density at radius 3 is 2.69 bits per heavy atom. The number of aliphatic carboxylic acids is 1. The standard InChI is InChI=1S/C12H20O4/c1-2-3-4-5-6-7-10-9(12(14)15)8-11(13)16-10/h9-10H,2-8H2,1H3,(H,14,15)/t9-,10-/m0/s1. The summed E-state index contributed by atoms with van der Waals surface area (Å²) in [5.41, 5.74) is 0. The first-order valence-corrected chi connectivity index (χ1v) is 6.07. The molecule has 0 aliphatic carbocycles. The number of ether oxygens (including phenoxy) is 1. The van der Waals surface area contributed by atoms with E-state index in [4.69, 9.17) is 9.84 Å². The van der Waals surface area contributed by atoms with Crippen molar-refractivity contribution in [3.8, 4) is 0 Å². The number of carboxylic acid groups (broad SMARTS) is 1. The van der Waals surface area contributed by atoms with Crippen LogP contribution in [0.5, 0.6) is 0 Å². The molecule has 0 amide bonds. The largest absolute Gasteiger partial charge is 0.481 e. The molecule has 1 N–H and O–H groups in total. The van der Waals surface area contributed by atoms with Gasteiger partial charge in [0.15, 0.2) is 0 Å². The highest BCUT2D eigenvalue weighted by Gasteiger charge is 2.39. The zero-order valence-electron chi connectivity index (χ0n) is 9.78. The van der Waals surface area contributed by atoms with Crippen LogP contribution in [0.1, 0.15) is 51.9 Å². The lowest BCUT2D eigenvalue weighted by molar-refractivity contribution is -0.144. The van der Waals surface area contributed by atoms with Gasteiger partial charge in [-0.2, -0.15) is 0 Å². The van der Waals surface area contributed by atoms with Crippen LogP contribution < -0.4 is 0 Å². The third kappa shape index (κ3) is 3.83. The fraction of sp³-hybridized carbons (Fsp3) is 0.833. The van der Waals surface area contributed by atoms with Gasteiger partial charge in [0.05, 0.1) is 6.42 Å². The molecule has 2 atom stereocenters. The summed E-state index contributed by atoms with van der Waals surface area (Å²) in [5.74, 6) is -1.91. The van der Waals surface area contributed by atoms with E-state index in [1.165, 1.54) is 19.3 Å². The quantitative estimate of drug-likeness (QED) is 0.536. The maximum absolute atomic E-state index is 11.0. The van der Waals surface area contributed by atoms with Crippen molar-refractivity contribution in [2.45, 2.75) is 58.0 Å². The Bertz CT molecular complexity index is 249. The van der Waals surface area contributed by atoms with Crippen LogP contribution in [-0.4, -0.2) is 23.1 Å². The lowest BCUT2D eigenvalue weighted by Crippen LogP contribution is -2.23. The van der Waals surface area contributed by atoms with E-state index in [1.807, 2.05) is 0 Å². The average molecular weight is 228 g/mol. The van der Waals surface area contributed by atoms with Crippen LogP contribution in [0.4, 0.5) is 0 Å². The maximum atomic E-state index is 11.0. The zero-order chi connectivity index (χ0) is 12.0. The molecule has 0 aromatic rings. The monoisotopic (exact) mass is 228 g/mol. The van der Waals surface area contributed by atoms with E-state index in [0.29, 0.717) is 6.42 Å². The Morgan fingerprint density at radius 1 is 1.38 bits per heavy atom. The molecule has 4 nitrogen and oxygen atoms in total. The Morgan fingerprint density at radius 2 is 2.06 bits per heavy atom. The van der Waals surface area contributed by atoms with E-state index >= 15 is 0 Å². The van der Waals surface area contributed by atoms with Crippen LogP contribution in [-0.2, 0) is 14.3 Å². The minimum absolute atomic E-state index is 0.0367. The van der Waals surface area contributed by atoms with Gasteiger partial charge in [0.1, 0.15) is 12.0 Å². The van der Waals surface area contributed by atoms with Crippen molar-refractivity contribution in [1.82, 2.24) is 0 Å². The van der Waals surface area contributed by atoms with Crippen molar-refractivity contribution >= 4 is 11.9 Å². The number of cyclic esters (lactones) is 1. The number of hydrogen-bond acceptors (Lipinski definition) is 3. The van der Waals surface area contributed by atoms with Crippen molar-refractivity contribution in [1.29, 1.82) is 0 Å². The maximum Gasteiger partial charge on any atom is 0.310 e. The molecular formula is C12H20O4. The summed E-state index contributed by atoms with van der Waals surface area (Å²) in [4.78, 5) is 21.9. The van der Waals surface area contributed by atoms with Gasteiger partial charge in [0, 0.05) is 0 Å². The Hall–Kier alpha value is -1.06. The average Bonchev–Trinajstić information content (AvgIpc) is 2.59. The second-order valence-corrected chi connectivity index (χ2v) is 4.38. The summed E-state index contributed by atoms with van der Waals surface area (Å²) < 4.78 is 5.02. The van der Waals surface area contributed by atoms with E-state index in [1.54, 1.807) is 0 Å². The predicted octanol–water partition coefficient (Wildman–Crippen LogP) is 2.36. The summed E-state index contributed by atoms with van der Waals surface area (Å²) in [6, 6.07) is 0. The van der Waals surface area contributed by atoms with Crippen LogP contribution in [0.2, 0.25) is 0 Å². The van der Waals surface area contributed by atoms with Crippen molar-refractivity contribution in [2.24, 2.45) is 5.92 Å². The Labute approximate surface area is 96.0 Å². The molecule has 1 rings (SSSR count). The molecule has 16 heavy (non-hydrogen) atoms. The van der Waals surface area contributed by atoms with Gasteiger partial charge >= 0.3 is 11.9 Å². The second kappa shape index (κ2) is 6.51. The van der Waals surface area contributed by atoms with E-state index in [9.17, 15) is 9.59 Å². The molecule has 1 fully saturated rings. The molecular weight excluding hydrogens is 208 g/mol. The molecule has 0 aromatic heterocycles. The lowest BCUT2D eigenvalue weighted by atomic mass is 9.96. The molecule has 1 heterocycles. The summed E-state index contributed by atoms with van der Waals surface area (Å²) in [6.45, 7) is 2.15. The number of carbonyl (C=O) groups is 2. The highest BCUT2D eigenvalue weighted by Crippen LogP contribution is 2.26. The Balaban J connectivity index is 2.24. The molecule has 1 aliphatic heterocycles. The van der Waals surface area contributed by atoms with Gasteiger partial charge in [-0.25, -0.2) is 0 Å². The van der Waals surface area contributed by atoms with Gasteiger partial charge in [0.25, 0.3) is 0 Å². The first-order valence-electron chi connectivity index (χ1n) is 6.07. The SMILES string of the molecule is CCCCCCC[C@@H]1OC(=O)C[C@@H]1C(=O)O. The van der Waals surface area contributed by atoms with Gasteiger partial charge in [-0.1, -0.05) is 32.6 Å². The molecule has 4 heteroatoms. The lowest BCUT2D eigenvalue weighted by Gasteiger charge is -2.13. The van der Waals surface area contributed by atoms with Gasteiger partial charge in [0.2, 0.25) is 0 Å². The van der Waals surface area contributed by atoms with Crippen LogP contribution >= 0.6 is 0 Å². The van der Waals surface area contributed by atoms with Gasteiger partial charge < -0.3 is 9.84 Å². The first kappa shape index (κ1) is 13.0. The topological polar surface area (TPSA) is 63.6 Å². The molecule has 1 saturated heterocycles. The zero-order valence-corrected chi connectivity index (χ0v) is 9.78. The normalized spacial score (nSPS) is 24.4. The minimum Gasteiger partial charge on any atom is -0.481 e. The van der Waals surface area contributed by atoms with E-state index in [2.05, 4.69) is 6.92 Å². The molecule has 0 radical (unpaired) electrons. The van der Waals surface area contributed by atoms with E-state index < -0.39 is 18.0 Å². The smallest absolute Gasteiger partial charge is 0.310 e. The predicted molar refractivity (Wildman–Crippen MR) is 59.0 cm³/mol.